The number of sulfonamides is 1. The molecule has 130 valence electrons. The van der Waals surface area contributed by atoms with Crippen LogP contribution in [0, 0.1) is 5.82 Å². The molecule has 0 aliphatic carbocycles. The molecule has 2 aromatic rings. The van der Waals surface area contributed by atoms with Gasteiger partial charge in [0.15, 0.2) is 11.0 Å². The van der Waals surface area contributed by atoms with Crippen LogP contribution in [-0.2, 0) is 10.0 Å². The lowest BCUT2D eigenvalue weighted by Crippen LogP contribution is -2.51. The molecule has 1 aliphatic rings. The highest BCUT2D eigenvalue weighted by molar-refractivity contribution is 7.96. The maximum Gasteiger partial charge on any atom is 0.252 e. The fraction of sp³-hybridized carbons (Fsp3) is 0.125. The van der Waals surface area contributed by atoms with Gasteiger partial charge in [0.05, 0.1) is 10.7 Å². The molecule has 3 rings (SSSR count). The Bertz CT molecular complexity index is 995. The molecule has 0 spiro atoms. The van der Waals surface area contributed by atoms with Crippen molar-refractivity contribution in [2.24, 2.45) is 0 Å². The average Bonchev–Trinajstić information content (AvgIpc) is 2.56. The Morgan fingerprint density at radius 2 is 1.96 bits per heavy atom. The monoisotopic (exact) mass is 398 g/mol. The minimum absolute atomic E-state index is 0.145. The van der Waals surface area contributed by atoms with Crippen molar-refractivity contribution in [1.82, 2.24) is 0 Å². The normalized spacial score (nSPS) is 18.6. The van der Waals surface area contributed by atoms with Gasteiger partial charge in [-0.25, -0.2) is 12.8 Å². The molecule has 5 nitrogen and oxygen atoms in total. The highest BCUT2D eigenvalue weighted by Gasteiger charge is 2.45. The van der Waals surface area contributed by atoms with Crippen molar-refractivity contribution in [1.29, 1.82) is 0 Å². The van der Waals surface area contributed by atoms with Gasteiger partial charge in [0.1, 0.15) is 10.8 Å². The highest BCUT2D eigenvalue weighted by Crippen LogP contribution is 2.32. The summed E-state index contributed by atoms with van der Waals surface area (Å²) in [6.45, 7) is 0. The summed E-state index contributed by atoms with van der Waals surface area (Å²) >= 11 is 10.9. The second-order valence-corrected chi connectivity index (χ2v) is 8.29. The van der Waals surface area contributed by atoms with Gasteiger partial charge in [-0.05, 0) is 30.3 Å². The zero-order valence-electron chi connectivity index (χ0n) is 12.9. The minimum Gasteiger partial charge on any atom is -0.348 e. The Hall–Kier alpha value is -2.03. The Kier molecular flexibility index (Phi) is 4.52. The van der Waals surface area contributed by atoms with Crippen molar-refractivity contribution >= 4 is 56.0 Å². The summed E-state index contributed by atoms with van der Waals surface area (Å²) in [4.78, 5) is 12.5. The van der Waals surface area contributed by atoms with E-state index >= 15 is 0 Å². The van der Waals surface area contributed by atoms with E-state index in [2.05, 4.69) is 5.32 Å². The number of nitrogens with one attached hydrogen (secondary N) is 1. The molecule has 25 heavy (non-hydrogen) atoms. The molecule has 9 heteroatoms. The second kappa shape index (κ2) is 6.36. The molecule has 0 saturated heterocycles. The lowest BCUT2D eigenvalue weighted by atomic mass is 10.1. The van der Waals surface area contributed by atoms with Gasteiger partial charge in [0, 0.05) is 18.3 Å². The second-order valence-electron chi connectivity index (χ2n) is 5.39. The van der Waals surface area contributed by atoms with Crippen LogP contribution in [-0.4, -0.2) is 31.5 Å². The number of halogens is 2. The van der Waals surface area contributed by atoms with Gasteiger partial charge < -0.3 is 5.32 Å². The van der Waals surface area contributed by atoms with Gasteiger partial charge in [-0.3, -0.25) is 9.10 Å². The minimum atomic E-state index is -4.03. The van der Waals surface area contributed by atoms with Gasteiger partial charge in [-0.2, -0.15) is 0 Å². The third-order valence-corrected chi connectivity index (χ3v) is 6.63. The van der Waals surface area contributed by atoms with Crippen LogP contribution in [0.25, 0.3) is 0 Å². The molecule has 2 aromatic carbocycles. The van der Waals surface area contributed by atoms with Crippen LogP contribution >= 0.6 is 23.8 Å². The van der Waals surface area contributed by atoms with Gasteiger partial charge in [0.25, 0.3) is 10.0 Å². The Labute approximate surface area is 154 Å². The zero-order valence-corrected chi connectivity index (χ0v) is 15.3. The van der Waals surface area contributed by atoms with Gasteiger partial charge >= 0.3 is 0 Å². The van der Waals surface area contributed by atoms with E-state index in [0.717, 1.165) is 10.4 Å². The number of nitrogens with zero attached hydrogens (tertiary/aromatic N) is 1. The summed E-state index contributed by atoms with van der Waals surface area (Å²) in [6, 6.07) is 10.1. The number of carbonyl (C=O) groups excluding carboxylic acids is 1. The molecule has 0 radical (unpaired) electrons. The number of ketones is 1. The van der Waals surface area contributed by atoms with Crippen molar-refractivity contribution in [3.8, 4) is 0 Å². The molecule has 1 heterocycles. The predicted octanol–water partition coefficient (Wildman–Crippen LogP) is 3.25. The van der Waals surface area contributed by atoms with Crippen LogP contribution in [0.5, 0.6) is 0 Å². The van der Waals surface area contributed by atoms with Crippen LogP contribution in [0.4, 0.5) is 15.8 Å². The van der Waals surface area contributed by atoms with Crippen molar-refractivity contribution in [2.75, 3.05) is 16.7 Å². The molecule has 0 saturated carbocycles. The Morgan fingerprint density at radius 3 is 2.64 bits per heavy atom. The molecule has 1 unspecified atom stereocenters. The standard InChI is InChI=1S/C16H12ClFN2O3S2/c1-20-13-5-3-2-4-10(13)14(21)15(25(20,22)23)16(24)19-9-6-7-12(18)11(17)8-9/h2-8,15H,1H3,(H,19,24). The predicted molar refractivity (Wildman–Crippen MR) is 99.5 cm³/mol. The van der Waals surface area contributed by atoms with E-state index in [4.69, 9.17) is 23.8 Å². The number of fused-ring (bicyclic) bond motifs is 1. The number of rotatable bonds is 2. The van der Waals surface area contributed by atoms with Crippen molar-refractivity contribution < 1.29 is 17.6 Å². The van der Waals surface area contributed by atoms with E-state index in [1.807, 2.05) is 0 Å². The van der Waals surface area contributed by atoms with Crippen LogP contribution in [0.2, 0.25) is 5.02 Å². The third-order valence-electron chi connectivity index (χ3n) is 3.85. The summed E-state index contributed by atoms with van der Waals surface area (Å²) in [7, 11) is -2.66. The van der Waals surface area contributed by atoms with E-state index in [1.165, 1.54) is 19.2 Å². The molecule has 0 bridgehead atoms. The number of benzene rings is 2. The van der Waals surface area contributed by atoms with E-state index in [0.29, 0.717) is 11.4 Å². The van der Waals surface area contributed by atoms with E-state index in [9.17, 15) is 17.6 Å². The first-order valence-electron chi connectivity index (χ1n) is 7.10. The Morgan fingerprint density at radius 1 is 1.28 bits per heavy atom. The average molecular weight is 399 g/mol. The quantitative estimate of drug-likeness (QED) is 0.786. The van der Waals surface area contributed by atoms with Crippen molar-refractivity contribution in [3.63, 3.8) is 0 Å². The maximum atomic E-state index is 13.2. The number of anilines is 2. The zero-order chi connectivity index (χ0) is 18.4. The first kappa shape index (κ1) is 17.8. The van der Waals surface area contributed by atoms with Crippen LogP contribution in [0.15, 0.2) is 42.5 Å². The largest absolute Gasteiger partial charge is 0.348 e. The third kappa shape index (κ3) is 3.01. The first-order valence-corrected chi connectivity index (χ1v) is 9.39. The van der Waals surface area contributed by atoms with E-state index < -0.39 is 26.9 Å². The first-order chi connectivity index (χ1) is 11.7. The summed E-state index contributed by atoms with van der Waals surface area (Å²) in [5, 5.41) is 0.962. The van der Waals surface area contributed by atoms with E-state index in [-0.39, 0.29) is 15.6 Å². The highest BCUT2D eigenvalue weighted by atomic mass is 35.5. The smallest absolute Gasteiger partial charge is 0.252 e. The molecular weight excluding hydrogens is 387 g/mol. The molecule has 0 amide bonds. The summed E-state index contributed by atoms with van der Waals surface area (Å²) in [5.41, 5.74) is 0.864. The Balaban J connectivity index is 1.99. The molecule has 0 fully saturated rings. The molecule has 1 aliphatic heterocycles. The number of thiocarbonyl (C=S) groups is 1. The molecule has 0 aromatic heterocycles. The number of para-hydroxylation sites is 1. The maximum absolute atomic E-state index is 13.2. The number of Topliss-reactive ketones (excluding diaryl/α,β-unsaturated/α-hetero) is 1. The van der Waals surface area contributed by atoms with Crippen molar-refractivity contribution in [3.05, 3.63) is 58.9 Å². The van der Waals surface area contributed by atoms with E-state index in [1.54, 1.807) is 24.3 Å². The molecule has 1 N–H and O–H groups in total. The fourth-order valence-electron chi connectivity index (χ4n) is 2.56. The van der Waals surface area contributed by atoms with Crippen molar-refractivity contribution in [2.45, 2.75) is 5.25 Å². The van der Waals surface area contributed by atoms with Crippen LogP contribution in [0.3, 0.4) is 0 Å². The van der Waals surface area contributed by atoms with Crippen LogP contribution in [0.1, 0.15) is 10.4 Å². The lowest BCUT2D eigenvalue weighted by Gasteiger charge is -2.32. The lowest BCUT2D eigenvalue weighted by molar-refractivity contribution is 0.100. The molecule has 1 atom stereocenters. The molecular formula is C16H12ClFN2O3S2. The topological polar surface area (TPSA) is 66.5 Å². The number of carbonyl (C=O) groups is 1. The van der Waals surface area contributed by atoms with Gasteiger partial charge in [0.2, 0.25) is 0 Å². The van der Waals surface area contributed by atoms with Crippen LogP contribution < -0.4 is 9.62 Å². The number of hydrogen-bond acceptors (Lipinski definition) is 4. The summed E-state index contributed by atoms with van der Waals surface area (Å²) in [5.74, 6) is -1.23. The SMILES string of the molecule is CN1c2ccccc2C(=O)C(C(=S)Nc2ccc(F)c(Cl)c2)S1(=O)=O. The fourth-order valence-corrected chi connectivity index (χ4v) is 4.81. The summed E-state index contributed by atoms with van der Waals surface area (Å²) in [6.07, 6.45) is 0. The van der Waals surface area contributed by atoms with Gasteiger partial charge in [-0.15, -0.1) is 0 Å². The summed E-state index contributed by atoms with van der Waals surface area (Å²) < 4.78 is 39.7. The number of hydrogen-bond donors (Lipinski definition) is 1. The van der Waals surface area contributed by atoms with Gasteiger partial charge in [-0.1, -0.05) is 36.0 Å².